The molecule has 0 saturated heterocycles. The van der Waals surface area contributed by atoms with Crippen LogP contribution in [0.1, 0.15) is 26.3 Å². The monoisotopic (exact) mass is 400 g/mol. The van der Waals surface area contributed by atoms with Gasteiger partial charge in [-0.2, -0.15) is 0 Å². The number of benzene rings is 1. The van der Waals surface area contributed by atoms with Crippen LogP contribution < -0.4 is 0 Å². The molecule has 1 aliphatic heterocycles. The van der Waals surface area contributed by atoms with Gasteiger partial charge in [0.25, 0.3) is 0 Å². The predicted molar refractivity (Wildman–Crippen MR) is 106 cm³/mol. The van der Waals surface area contributed by atoms with Crippen molar-refractivity contribution < 1.29 is 19.1 Å². The molecule has 4 nitrogen and oxygen atoms in total. The summed E-state index contributed by atoms with van der Waals surface area (Å²) in [5, 5.41) is 0. The van der Waals surface area contributed by atoms with Gasteiger partial charge in [0.15, 0.2) is 0 Å². The maximum absolute atomic E-state index is 11.8. The number of esters is 2. The first-order valence-corrected chi connectivity index (χ1v) is 10.8. The lowest BCUT2D eigenvalue weighted by atomic mass is 10.1. The Hall–Kier alpha value is -0.960. The van der Waals surface area contributed by atoms with E-state index in [1.165, 1.54) is 28.8 Å². The molecule has 8 heteroatoms. The fraction of sp³-hybridized carbons (Fsp3) is 0.250. The largest absolute Gasteiger partial charge is 0.465 e. The Balaban J connectivity index is 2.38. The van der Waals surface area contributed by atoms with Gasteiger partial charge in [-0.25, -0.2) is 9.59 Å². The molecule has 128 valence electrons. The fourth-order valence-corrected chi connectivity index (χ4v) is 6.88. The SMILES string of the molecule is COC(=O)c1cc(C=C2SC(SC)=C(SC)S2)cc(C(=O)OC)c1. The first kappa shape index (κ1) is 19.4. The van der Waals surface area contributed by atoms with E-state index in [0.29, 0.717) is 11.1 Å². The van der Waals surface area contributed by atoms with Crippen LogP contribution >= 0.6 is 47.0 Å². The zero-order valence-electron chi connectivity index (χ0n) is 13.6. The lowest BCUT2D eigenvalue weighted by molar-refractivity contribution is 0.0599. The highest BCUT2D eigenvalue weighted by atomic mass is 32.3. The normalized spacial score (nSPS) is 13.9. The second-order valence-electron chi connectivity index (χ2n) is 4.48. The molecule has 0 spiro atoms. The average molecular weight is 401 g/mol. The Labute approximate surface area is 158 Å². The van der Waals surface area contributed by atoms with Gasteiger partial charge in [-0.05, 0) is 42.4 Å². The summed E-state index contributed by atoms with van der Waals surface area (Å²) in [7, 11) is 2.63. The number of ether oxygens (including phenoxy) is 2. The molecule has 0 radical (unpaired) electrons. The molecule has 0 aliphatic carbocycles. The minimum atomic E-state index is -0.486. The molecular weight excluding hydrogens is 384 g/mol. The number of carbonyl (C=O) groups excluding carboxylic acids is 2. The summed E-state index contributed by atoms with van der Waals surface area (Å²) in [6.07, 6.45) is 6.07. The van der Waals surface area contributed by atoms with Crippen molar-refractivity contribution in [1.82, 2.24) is 0 Å². The van der Waals surface area contributed by atoms with Gasteiger partial charge in [-0.3, -0.25) is 0 Å². The molecular formula is C16H16O4S4. The van der Waals surface area contributed by atoms with Gasteiger partial charge in [0.2, 0.25) is 0 Å². The minimum Gasteiger partial charge on any atom is -0.465 e. The van der Waals surface area contributed by atoms with Gasteiger partial charge in [0.1, 0.15) is 0 Å². The molecule has 0 atom stereocenters. The Kier molecular flexibility index (Phi) is 7.21. The highest BCUT2D eigenvalue weighted by Gasteiger charge is 2.20. The van der Waals surface area contributed by atoms with Gasteiger partial charge in [-0.1, -0.05) is 23.5 Å². The van der Waals surface area contributed by atoms with Crippen LogP contribution in [0.25, 0.3) is 6.08 Å². The summed E-state index contributed by atoms with van der Waals surface area (Å²) in [5.74, 6) is -0.972. The standard InChI is InChI=1S/C16H16O4S4/c1-19-13(17)10-5-9(6-11(8-10)14(18)20-2)7-12-23-15(21-3)16(22-4)24-12/h5-8H,1-4H3. The van der Waals surface area contributed by atoms with Crippen LogP contribution in [0.4, 0.5) is 0 Å². The van der Waals surface area contributed by atoms with Crippen LogP contribution in [0.5, 0.6) is 0 Å². The Bertz CT molecular complexity index is 673. The summed E-state index contributed by atoms with van der Waals surface area (Å²) in [6, 6.07) is 4.90. The second-order valence-corrected chi connectivity index (χ2v) is 8.99. The summed E-state index contributed by atoms with van der Waals surface area (Å²) in [6.45, 7) is 0. The van der Waals surface area contributed by atoms with Crippen molar-refractivity contribution in [3.05, 3.63) is 47.6 Å². The summed E-state index contributed by atoms with van der Waals surface area (Å²) in [4.78, 5) is 23.7. The van der Waals surface area contributed by atoms with Gasteiger partial charge in [0, 0.05) is 0 Å². The molecule has 0 N–H and O–H groups in total. The van der Waals surface area contributed by atoms with Crippen molar-refractivity contribution >= 4 is 65.1 Å². The smallest absolute Gasteiger partial charge is 0.337 e. The Morgan fingerprint density at radius 3 is 1.75 bits per heavy atom. The first-order chi connectivity index (χ1) is 11.5. The van der Waals surface area contributed by atoms with Crippen molar-refractivity contribution in [2.24, 2.45) is 0 Å². The van der Waals surface area contributed by atoms with E-state index in [-0.39, 0.29) is 0 Å². The topological polar surface area (TPSA) is 52.6 Å². The van der Waals surface area contributed by atoms with Gasteiger partial charge >= 0.3 is 11.9 Å². The van der Waals surface area contributed by atoms with Crippen LogP contribution in [0, 0.1) is 0 Å². The maximum atomic E-state index is 11.8. The van der Waals surface area contributed by atoms with Crippen molar-refractivity contribution in [2.75, 3.05) is 26.7 Å². The van der Waals surface area contributed by atoms with Crippen LogP contribution in [0.2, 0.25) is 0 Å². The van der Waals surface area contributed by atoms with Crippen LogP contribution in [0.15, 0.2) is 30.9 Å². The number of rotatable bonds is 5. The zero-order chi connectivity index (χ0) is 17.7. The molecule has 1 heterocycles. The average Bonchev–Trinajstić information content (AvgIpc) is 3.01. The highest BCUT2D eigenvalue weighted by molar-refractivity contribution is 8.40. The lowest BCUT2D eigenvalue weighted by Gasteiger charge is -2.06. The fourth-order valence-electron chi connectivity index (χ4n) is 1.94. The van der Waals surface area contributed by atoms with E-state index in [1.807, 2.05) is 6.08 Å². The van der Waals surface area contributed by atoms with E-state index >= 15 is 0 Å². The number of hydrogen-bond acceptors (Lipinski definition) is 8. The molecule has 0 amide bonds. The Morgan fingerprint density at radius 1 is 0.917 bits per heavy atom. The number of hydrogen-bond donors (Lipinski definition) is 0. The molecule has 1 aliphatic rings. The summed E-state index contributed by atoms with van der Waals surface area (Å²) < 4.78 is 13.1. The van der Waals surface area contributed by atoms with E-state index in [9.17, 15) is 9.59 Å². The molecule has 0 aromatic heterocycles. The molecule has 0 unspecified atom stereocenters. The quantitative estimate of drug-likeness (QED) is 0.648. The second kappa shape index (κ2) is 8.94. The van der Waals surface area contributed by atoms with E-state index < -0.39 is 11.9 Å². The van der Waals surface area contributed by atoms with Crippen molar-refractivity contribution in [3.63, 3.8) is 0 Å². The molecule has 0 saturated carbocycles. The van der Waals surface area contributed by atoms with Crippen LogP contribution in [0.3, 0.4) is 0 Å². The van der Waals surface area contributed by atoms with Gasteiger partial charge in [0.05, 0.1) is 38.1 Å². The predicted octanol–water partition coefficient (Wildman–Crippen LogP) is 4.89. The summed E-state index contributed by atoms with van der Waals surface area (Å²) >= 11 is 6.81. The number of thioether (sulfide) groups is 4. The third-order valence-corrected chi connectivity index (χ3v) is 8.09. The molecule has 1 aromatic rings. The molecule has 0 bridgehead atoms. The number of methoxy groups -OCH3 is 2. The Morgan fingerprint density at radius 2 is 1.38 bits per heavy atom. The summed E-state index contributed by atoms with van der Waals surface area (Å²) in [5.41, 5.74) is 1.41. The van der Waals surface area contributed by atoms with Crippen molar-refractivity contribution in [1.29, 1.82) is 0 Å². The first-order valence-electron chi connectivity index (χ1n) is 6.73. The van der Waals surface area contributed by atoms with Gasteiger partial charge in [-0.15, -0.1) is 23.5 Å². The lowest BCUT2D eigenvalue weighted by Crippen LogP contribution is -2.07. The molecule has 1 aromatic carbocycles. The molecule has 24 heavy (non-hydrogen) atoms. The molecule has 2 rings (SSSR count). The van der Waals surface area contributed by atoms with E-state index in [2.05, 4.69) is 12.5 Å². The van der Waals surface area contributed by atoms with Crippen molar-refractivity contribution in [3.8, 4) is 0 Å². The highest BCUT2D eigenvalue weighted by Crippen LogP contribution is 2.56. The van der Waals surface area contributed by atoms with Gasteiger partial charge < -0.3 is 9.47 Å². The van der Waals surface area contributed by atoms with E-state index in [0.717, 1.165) is 9.80 Å². The van der Waals surface area contributed by atoms with Crippen molar-refractivity contribution in [2.45, 2.75) is 0 Å². The zero-order valence-corrected chi connectivity index (χ0v) is 16.8. The third kappa shape index (κ3) is 4.56. The minimum absolute atomic E-state index is 0.323. The third-order valence-electron chi connectivity index (χ3n) is 3.01. The van der Waals surface area contributed by atoms with Crippen LogP contribution in [-0.2, 0) is 9.47 Å². The molecule has 0 fully saturated rings. The van der Waals surface area contributed by atoms with E-state index in [1.54, 1.807) is 59.2 Å². The van der Waals surface area contributed by atoms with Crippen LogP contribution in [-0.4, -0.2) is 38.7 Å². The number of carbonyl (C=O) groups is 2. The van der Waals surface area contributed by atoms with E-state index in [4.69, 9.17) is 9.47 Å². The maximum Gasteiger partial charge on any atom is 0.337 e.